The highest BCUT2D eigenvalue weighted by Gasteiger charge is 2.04. The van der Waals surface area contributed by atoms with Crippen molar-refractivity contribution in [3.8, 4) is 0 Å². The molecule has 0 aromatic heterocycles. The maximum absolute atomic E-state index is 7.75. The zero-order valence-electron chi connectivity index (χ0n) is 7.76. The second-order valence-electron chi connectivity index (χ2n) is 3.06. The van der Waals surface area contributed by atoms with Gasteiger partial charge >= 0.3 is 0 Å². The zero-order chi connectivity index (χ0) is 9.14. The lowest BCUT2D eigenvalue weighted by molar-refractivity contribution is 0.618. The first kappa shape index (κ1) is 8.78. The van der Waals surface area contributed by atoms with Gasteiger partial charge in [0.05, 0.1) is 0 Å². The molecule has 0 spiro atoms. The van der Waals surface area contributed by atoms with Crippen LogP contribution in [-0.2, 0) is 0 Å². The van der Waals surface area contributed by atoms with Crippen molar-refractivity contribution in [3.63, 3.8) is 0 Å². The van der Waals surface area contributed by atoms with Crippen molar-refractivity contribution in [2.45, 2.75) is 6.92 Å². The Kier molecular flexibility index (Phi) is 2.48. The van der Waals surface area contributed by atoms with Gasteiger partial charge in [-0.3, -0.25) is 5.41 Å². The standard InChI is InChI=1S/C10H14N2/c1-8-6-4-5-7-9(8)10(11)12(2)3/h4-7,11H,1-3H3. The van der Waals surface area contributed by atoms with Gasteiger partial charge in [0.15, 0.2) is 0 Å². The summed E-state index contributed by atoms with van der Waals surface area (Å²) in [7, 11) is 3.77. The maximum Gasteiger partial charge on any atom is 0.127 e. The molecule has 0 saturated carbocycles. The number of hydrogen-bond acceptors (Lipinski definition) is 1. The SMILES string of the molecule is Cc1ccccc1C(=N)N(C)C. The topological polar surface area (TPSA) is 27.1 Å². The normalized spacial score (nSPS) is 9.58. The first-order chi connectivity index (χ1) is 5.63. The molecule has 0 radical (unpaired) electrons. The Morgan fingerprint density at radius 3 is 2.33 bits per heavy atom. The van der Waals surface area contributed by atoms with E-state index in [1.165, 1.54) is 0 Å². The summed E-state index contributed by atoms with van der Waals surface area (Å²) in [6.45, 7) is 2.02. The smallest absolute Gasteiger partial charge is 0.127 e. The van der Waals surface area contributed by atoms with Gasteiger partial charge in [0.1, 0.15) is 5.84 Å². The van der Waals surface area contributed by atoms with Crippen LogP contribution in [-0.4, -0.2) is 24.8 Å². The molecule has 0 bridgehead atoms. The molecule has 2 nitrogen and oxygen atoms in total. The van der Waals surface area contributed by atoms with Crippen molar-refractivity contribution in [3.05, 3.63) is 35.4 Å². The van der Waals surface area contributed by atoms with Gasteiger partial charge in [-0.25, -0.2) is 0 Å². The van der Waals surface area contributed by atoms with Crippen molar-refractivity contribution in [1.29, 1.82) is 5.41 Å². The van der Waals surface area contributed by atoms with Crippen LogP contribution in [0.5, 0.6) is 0 Å². The fourth-order valence-electron chi connectivity index (χ4n) is 1.08. The predicted octanol–water partition coefficient (Wildman–Crippen LogP) is 1.88. The van der Waals surface area contributed by atoms with E-state index in [1.807, 2.05) is 50.2 Å². The van der Waals surface area contributed by atoms with E-state index in [0.717, 1.165) is 11.1 Å². The van der Waals surface area contributed by atoms with E-state index in [1.54, 1.807) is 0 Å². The molecule has 1 rings (SSSR count). The van der Waals surface area contributed by atoms with Crippen LogP contribution in [0.25, 0.3) is 0 Å². The molecule has 12 heavy (non-hydrogen) atoms. The minimum atomic E-state index is 0.563. The Bertz CT molecular complexity index is 290. The first-order valence-corrected chi connectivity index (χ1v) is 3.95. The van der Waals surface area contributed by atoms with Crippen molar-refractivity contribution in [1.82, 2.24) is 4.90 Å². The summed E-state index contributed by atoms with van der Waals surface area (Å²) in [5, 5.41) is 7.75. The van der Waals surface area contributed by atoms with E-state index >= 15 is 0 Å². The molecule has 1 N–H and O–H groups in total. The van der Waals surface area contributed by atoms with E-state index in [9.17, 15) is 0 Å². The average Bonchev–Trinajstić information content (AvgIpc) is 2.04. The largest absolute Gasteiger partial charge is 0.363 e. The van der Waals surface area contributed by atoms with Crippen molar-refractivity contribution in [2.75, 3.05) is 14.1 Å². The Morgan fingerprint density at radius 2 is 1.83 bits per heavy atom. The monoisotopic (exact) mass is 162 g/mol. The quantitative estimate of drug-likeness (QED) is 0.495. The molecule has 0 amide bonds. The van der Waals surface area contributed by atoms with E-state index in [2.05, 4.69) is 0 Å². The lowest BCUT2D eigenvalue weighted by Crippen LogP contribution is -2.22. The molecule has 2 heteroatoms. The van der Waals surface area contributed by atoms with Crippen molar-refractivity contribution < 1.29 is 0 Å². The highest BCUT2D eigenvalue weighted by molar-refractivity contribution is 5.97. The van der Waals surface area contributed by atoms with Gasteiger partial charge in [-0.05, 0) is 12.5 Å². The van der Waals surface area contributed by atoms with E-state index < -0.39 is 0 Å². The van der Waals surface area contributed by atoms with Crippen LogP contribution in [0, 0.1) is 12.3 Å². The summed E-state index contributed by atoms with van der Waals surface area (Å²) >= 11 is 0. The number of benzene rings is 1. The average molecular weight is 162 g/mol. The minimum Gasteiger partial charge on any atom is -0.363 e. The van der Waals surface area contributed by atoms with Crippen LogP contribution < -0.4 is 0 Å². The molecule has 0 heterocycles. The van der Waals surface area contributed by atoms with Gasteiger partial charge in [0.25, 0.3) is 0 Å². The van der Waals surface area contributed by atoms with Gasteiger partial charge in [-0.15, -0.1) is 0 Å². The summed E-state index contributed by atoms with van der Waals surface area (Å²) in [4.78, 5) is 1.81. The lowest BCUT2D eigenvalue weighted by atomic mass is 10.1. The van der Waals surface area contributed by atoms with Gasteiger partial charge in [0, 0.05) is 19.7 Å². The van der Waals surface area contributed by atoms with Crippen molar-refractivity contribution >= 4 is 5.84 Å². The highest BCUT2D eigenvalue weighted by Crippen LogP contribution is 2.08. The Morgan fingerprint density at radius 1 is 1.25 bits per heavy atom. The molecular formula is C10H14N2. The highest BCUT2D eigenvalue weighted by atomic mass is 15.1. The Labute approximate surface area is 73.3 Å². The molecule has 64 valence electrons. The van der Waals surface area contributed by atoms with Gasteiger partial charge in [-0.2, -0.15) is 0 Å². The third-order valence-electron chi connectivity index (χ3n) is 1.85. The molecule has 1 aromatic rings. The summed E-state index contributed by atoms with van der Waals surface area (Å²) in [5.41, 5.74) is 2.15. The van der Waals surface area contributed by atoms with Crippen LogP contribution in [0.15, 0.2) is 24.3 Å². The number of amidine groups is 1. The molecule has 0 aliphatic heterocycles. The number of aryl methyl sites for hydroxylation is 1. The summed E-state index contributed by atoms with van der Waals surface area (Å²) < 4.78 is 0. The van der Waals surface area contributed by atoms with Crippen molar-refractivity contribution in [2.24, 2.45) is 0 Å². The second-order valence-corrected chi connectivity index (χ2v) is 3.06. The minimum absolute atomic E-state index is 0.563. The van der Waals surface area contributed by atoms with Crippen LogP contribution >= 0.6 is 0 Å². The first-order valence-electron chi connectivity index (χ1n) is 3.95. The molecule has 0 atom stereocenters. The fourth-order valence-corrected chi connectivity index (χ4v) is 1.08. The van der Waals surface area contributed by atoms with E-state index in [-0.39, 0.29) is 0 Å². The number of hydrogen-bond donors (Lipinski definition) is 1. The lowest BCUT2D eigenvalue weighted by Gasteiger charge is -2.15. The molecule has 0 fully saturated rings. The third kappa shape index (κ3) is 1.64. The van der Waals surface area contributed by atoms with Crippen LogP contribution in [0.3, 0.4) is 0 Å². The predicted molar refractivity (Wildman–Crippen MR) is 51.7 cm³/mol. The second kappa shape index (κ2) is 3.39. The van der Waals surface area contributed by atoms with Crippen LogP contribution in [0.1, 0.15) is 11.1 Å². The zero-order valence-corrected chi connectivity index (χ0v) is 7.76. The molecule has 0 saturated heterocycles. The summed E-state index contributed by atoms with van der Waals surface area (Å²) in [5.74, 6) is 0.563. The molecule has 0 unspecified atom stereocenters. The van der Waals surface area contributed by atoms with Crippen LogP contribution in [0.4, 0.5) is 0 Å². The van der Waals surface area contributed by atoms with Gasteiger partial charge in [0.2, 0.25) is 0 Å². The van der Waals surface area contributed by atoms with Gasteiger partial charge < -0.3 is 4.90 Å². The number of nitrogens with one attached hydrogen (secondary N) is 1. The summed E-state index contributed by atoms with van der Waals surface area (Å²) in [6.07, 6.45) is 0. The maximum atomic E-state index is 7.75. The summed E-state index contributed by atoms with van der Waals surface area (Å²) in [6, 6.07) is 7.94. The molecule has 0 aliphatic rings. The molecule has 0 aliphatic carbocycles. The van der Waals surface area contributed by atoms with E-state index in [0.29, 0.717) is 5.84 Å². The molecular weight excluding hydrogens is 148 g/mol. The third-order valence-corrected chi connectivity index (χ3v) is 1.85. The number of rotatable bonds is 1. The fraction of sp³-hybridized carbons (Fsp3) is 0.300. The number of nitrogens with zero attached hydrogens (tertiary/aromatic N) is 1. The van der Waals surface area contributed by atoms with E-state index in [4.69, 9.17) is 5.41 Å². The molecule has 1 aromatic carbocycles. The Hall–Kier alpha value is -1.31. The van der Waals surface area contributed by atoms with Crippen LogP contribution in [0.2, 0.25) is 0 Å². The van der Waals surface area contributed by atoms with Gasteiger partial charge in [-0.1, -0.05) is 24.3 Å². The Balaban J connectivity index is 3.03.